The van der Waals surface area contributed by atoms with E-state index >= 15 is 0 Å². The van der Waals surface area contributed by atoms with Gasteiger partial charge in [0.2, 0.25) is 5.91 Å². The van der Waals surface area contributed by atoms with E-state index < -0.39 is 0 Å². The van der Waals surface area contributed by atoms with E-state index in [1.165, 1.54) is 19.5 Å². The van der Waals surface area contributed by atoms with Crippen molar-refractivity contribution in [2.45, 2.75) is 0 Å². The average Bonchev–Trinajstić information content (AvgIpc) is 2.19. The number of carbonyl (C=O) groups excluding carboxylic acids is 1. The quantitative estimate of drug-likeness (QED) is 0.730. The smallest absolute Gasteiger partial charge is 0.316 e. The minimum atomic E-state index is -0.296. The summed E-state index contributed by atoms with van der Waals surface area (Å²) >= 11 is 5.28. The molecule has 0 bridgehead atoms. The summed E-state index contributed by atoms with van der Waals surface area (Å²) in [5, 5.41) is 2.49. The number of methoxy groups -OCH3 is 1. The van der Waals surface area contributed by atoms with Gasteiger partial charge in [-0.1, -0.05) is 0 Å². The van der Waals surface area contributed by atoms with Gasteiger partial charge in [-0.15, -0.1) is 11.6 Å². The minimum absolute atomic E-state index is 0.0912. The second kappa shape index (κ2) is 4.61. The predicted molar refractivity (Wildman–Crippen MR) is 47.9 cm³/mol. The molecule has 0 spiro atoms. The van der Waals surface area contributed by atoms with Gasteiger partial charge >= 0.3 is 6.01 Å². The van der Waals surface area contributed by atoms with Gasteiger partial charge in [-0.2, -0.15) is 0 Å². The van der Waals surface area contributed by atoms with Gasteiger partial charge < -0.3 is 10.1 Å². The number of halogens is 1. The molecule has 1 aromatic rings. The zero-order valence-corrected chi connectivity index (χ0v) is 7.71. The van der Waals surface area contributed by atoms with E-state index in [0.29, 0.717) is 5.69 Å². The first-order valence-corrected chi connectivity index (χ1v) is 4.01. The molecule has 1 aromatic heterocycles. The SMILES string of the molecule is COc1ncc(NC(=O)CCl)cn1. The third kappa shape index (κ3) is 2.87. The molecule has 6 heteroatoms. The monoisotopic (exact) mass is 201 g/mol. The fourth-order valence-corrected chi connectivity index (χ4v) is 0.747. The number of anilines is 1. The highest BCUT2D eigenvalue weighted by atomic mass is 35.5. The average molecular weight is 202 g/mol. The predicted octanol–water partition coefficient (Wildman–Crippen LogP) is 0.662. The topological polar surface area (TPSA) is 64.1 Å². The molecule has 0 aliphatic carbocycles. The molecule has 0 saturated carbocycles. The van der Waals surface area contributed by atoms with Crippen LogP contribution in [0.25, 0.3) is 0 Å². The van der Waals surface area contributed by atoms with E-state index in [0.717, 1.165) is 0 Å². The number of ether oxygens (including phenoxy) is 1. The van der Waals surface area contributed by atoms with Crippen LogP contribution in [-0.2, 0) is 4.79 Å². The number of amides is 1. The molecule has 1 amide bonds. The summed E-state index contributed by atoms with van der Waals surface area (Å²) in [6, 6.07) is 0.254. The molecule has 5 nitrogen and oxygen atoms in total. The first-order chi connectivity index (χ1) is 6.26. The van der Waals surface area contributed by atoms with Gasteiger partial charge in [-0.25, -0.2) is 9.97 Å². The molecule has 0 unspecified atom stereocenters. The number of alkyl halides is 1. The largest absolute Gasteiger partial charge is 0.467 e. The van der Waals surface area contributed by atoms with Gasteiger partial charge in [0.15, 0.2) is 0 Å². The van der Waals surface area contributed by atoms with Gasteiger partial charge in [0.05, 0.1) is 25.2 Å². The van der Waals surface area contributed by atoms with Gasteiger partial charge in [-0.05, 0) is 0 Å². The van der Waals surface area contributed by atoms with E-state index in [2.05, 4.69) is 15.3 Å². The van der Waals surface area contributed by atoms with Crippen molar-refractivity contribution in [2.75, 3.05) is 18.3 Å². The summed E-state index contributed by atoms with van der Waals surface area (Å²) in [5.74, 6) is -0.387. The fourth-order valence-electron chi connectivity index (χ4n) is 0.681. The van der Waals surface area contributed by atoms with E-state index in [1.807, 2.05) is 0 Å². The normalized spacial score (nSPS) is 9.38. The summed E-state index contributed by atoms with van der Waals surface area (Å²) in [6.07, 6.45) is 2.88. The van der Waals surface area contributed by atoms with Crippen LogP contribution in [-0.4, -0.2) is 28.9 Å². The fraction of sp³-hybridized carbons (Fsp3) is 0.286. The lowest BCUT2D eigenvalue weighted by atomic mass is 10.5. The van der Waals surface area contributed by atoms with Gasteiger partial charge in [0.25, 0.3) is 0 Å². The number of aromatic nitrogens is 2. The van der Waals surface area contributed by atoms with Crippen molar-refractivity contribution in [3.05, 3.63) is 12.4 Å². The van der Waals surface area contributed by atoms with E-state index in [4.69, 9.17) is 16.3 Å². The molecule has 70 valence electrons. The second-order valence-corrected chi connectivity index (χ2v) is 2.41. The van der Waals surface area contributed by atoms with Crippen LogP contribution < -0.4 is 10.1 Å². The van der Waals surface area contributed by atoms with Crippen LogP contribution in [0.5, 0.6) is 6.01 Å². The maximum atomic E-state index is 10.8. The van der Waals surface area contributed by atoms with Crippen LogP contribution in [0.1, 0.15) is 0 Å². The van der Waals surface area contributed by atoms with Crippen LogP contribution in [0.4, 0.5) is 5.69 Å². The Hall–Kier alpha value is -1.36. The van der Waals surface area contributed by atoms with Crippen LogP contribution in [0, 0.1) is 0 Å². The van der Waals surface area contributed by atoms with Gasteiger partial charge in [0, 0.05) is 0 Å². The third-order valence-electron chi connectivity index (χ3n) is 1.22. The molecule has 13 heavy (non-hydrogen) atoms. The number of rotatable bonds is 3. The Balaban J connectivity index is 2.64. The van der Waals surface area contributed by atoms with Crippen LogP contribution in [0.3, 0.4) is 0 Å². The van der Waals surface area contributed by atoms with Crippen molar-refractivity contribution in [1.29, 1.82) is 0 Å². The summed E-state index contributed by atoms with van der Waals surface area (Å²) in [5.41, 5.74) is 0.492. The molecule has 1 rings (SSSR count). The van der Waals surface area contributed by atoms with Crippen molar-refractivity contribution in [3.8, 4) is 6.01 Å². The van der Waals surface area contributed by atoms with Gasteiger partial charge in [0.1, 0.15) is 5.88 Å². The Labute approximate surface area is 80.1 Å². The summed E-state index contributed by atoms with van der Waals surface area (Å²) in [4.78, 5) is 18.4. The summed E-state index contributed by atoms with van der Waals surface area (Å²) in [6.45, 7) is 0. The van der Waals surface area contributed by atoms with E-state index in [1.54, 1.807) is 0 Å². The molecular formula is C7H8ClN3O2. The Kier molecular flexibility index (Phi) is 3.45. The zero-order chi connectivity index (χ0) is 9.68. The number of carbonyl (C=O) groups is 1. The lowest BCUT2D eigenvalue weighted by Gasteiger charge is -2.01. The van der Waals surface area contributed by atoms with Crippen molar-refractivity contribution in [2.24, 2.45) is 0 Å². The number of nitrogens with one attached hydrogen (secondary N) is 1. The Morgan fingerprint density at radius 1 is 1.62 bits per heavy atom. The lowest BCUT2D eigenvalue weighted by Crippen LogP contribution is -2.12. The third-order valence-corrected chi connectivity index (χ3v) is 1.46. The Bertz CT molecular complexity index is 288. The molecular weight excluding hydrogens is 194 g/mol. The highest BCUT2D eigenvalue weighted by Gasteiger charge is 2.00. The van der Waals surface area contributed by atoms with Crippen LogP contribution in [0.2, 0.25) is 0 Å². The van der Waals surface area contributed by atoms with E-state index in [9.17, 15) is 4.79 Å². The standard InChI is InChI=1S/C7H8ClN3O2/c1-13-7-9-3-5(4-10-7)11-6(12)2-8/h3-4H,2H2,1H3,(H,11,12). The maximum absolute atomic E-state index is 10.8. The molecule has 0 aliphatic rings. The molecule has 1 heterocycles. The molecule has 0 fully saturated rings. The van der Waals surface area contributed by atoms with Crippen LogP contribution >= 0.6 is 11.6 Å². The van der Waals surface area contributed by atoms with Crippen LogP contribution in [0.15, 0.2) is 12.4 Å². The molecule has 0 aliphatic heterocycles. The Morgan fingerprint density at radius 2 is 2.23 bits per heavy atom. The number of hydrogen-bond acceptors (Lipinski definition) is 4. The highest BCUT2D eigenvalue weighted by Crippen LogP contribution is 2.06. The van der Waals surface area contributed by atoms with Crippen molar-refractivity contribution < 1.29 is 9.53 Å². The summed E-state index contributed by atoms with van der Waals surface area (Å²) < 4.78 is 4.74. The summed E-state index contributed by atoms with van der Waals surface area (Å²) in [7, 11) is 1.46. The minimum Gasteiger partial charge on any atom is -0.467 e. The highest BCUT2D eigenvalue weighted by molar-refractivity contribution is 6.29. The molecule has 0 aromatic carbocycles. The number of nitrogens with zero attached hydrogens (tertiary/aromatic N) is 2. The first kappa shape index (κ1) is 9.73. The van der Waals surface area contributed by atoms with Crippen molar-refractivity contribution in [1.82, 2.24) is 9.97 Å². The van der Waals surface area contributed by atoms with E-state index in [-0.39, 0.29) is 17.8 Å². The maximum Gasteiger partial charge on any atom is 0.316 e. The first-order valence-electron chi connectivity index (χ1n) is 3.48. The van der Waals surface area contributed by atoms with Crippen molar-refractivity contribution >= 4 is 23.2 Å². The number of hydrogen-bond donors (Lipinski definition) is 1. The van der Waals surface area contributed by atoms with Crippen molar-refractivity contribution in [3.63, 3.8) is 0 Å². The lowest BCUT2D eigenvalue weighted by molar-refractivity contribution is -0.113. The molecule has 0 saturated heterocycles. The zero-order valence-electron chi connectivity index (χ0n) is 6.95. The molecule has 0 radical (unpaired) electrons. The van der Waals surface area contributed by atoms with Gasteiger partial charge in [-0.3, -0.25) is 4.79 Å². The second-order valence-electron chi connectivity index (χ2n) is 2.14. The molecule has 1 N–H and O–H groups in total. The Morgan fingerprint density at radius 3 is 2.69 bits per heavy atom. The molecule has 0 atom stereocenters.